The first-order valence-electron chi connectivity index (χ1n) is 9.67. The van der Waals surface area contributed by atoms with Crippen LogP contribution in [-0.2, 0) is 9.47 Å². The molecule has 2 rings (SSSR count). The molecule has 27 heavy (non-hydrogen) atoms. The van der Waals surface area contributed by atoms with E-state index in [9.17, 15) is 0 Å². The zero-order valence-electron chi connectivity index (χ0n) is 17.4. The van der Waals surface area contributed by atoms with Gasteiger partial charge in [-0.05, 0) is 40.5 Å². The summed E-state index contributed by atoms with van der Waals surface area (Å²) in [5.41, 5.74) is 2.95. The molecule has 0 N–H and O–H groups in total. The van der Waals surface area contributed by atoms with Crippen LogP contribution in [-0.4, -0.2) is 37.2 Å². The van der Waals surface area contributed by atoms with E-state index in [0.717, 1.165) is 36.2 Å². The molecule has 0 radical (unpaired) electrons. The quantitative estimate of drug-likeness (QED) is 0.517. The maximum absolute atomic E-state index is 6.11. The summed E-state index contributed by atoms with van der Waals surface area (Å²) in [6.07, 6.45) is 1.74. The van der Waals surface area contributed by atoms with Crippen LogP contribution in [0.2, 0.25) is 0 Å². The van der Waals surface area contributed by atoms with E-state index >= 15 is 0 Å². The lowest BCUT2D eigenvalue weighted by Crippen LogP contribution is -2.30. The topological polar surface area (TPSA) is 30.8 Å². The molecular formula is C24H33NO2. The molecule has 0 saturated heterocycles. The minimum atomic E-state index is -0.216. The number of hydrogen-bond donors (Lipinski definition) is 0. The molecular weight excluding hydrogens is 334 g/mol. The molecule has 0 spiro atoms. The molecule has 0 saturated carbocycles. The summed E-state index contributed by atoms with van der Waals surface area (Å²) in [5.74, 6) is 0. The van der Waals surface area contributed by atoms with E-state index in [1.165, 1.54) is 0 Å². The van der Waals surface area contributed by atoms with E-state index in [1.807, 2.05) is 12.1 Å². The Morgan fingerprint density at radius 2 is 1.30 bits per heavy atom. The molecule has 0 aliphatic carbocycles. The van der Waals surface area contributed by atoms with Gasteiger partial charge in [-0.25, -0.2) is 0 Å². The van der Waals surface area contributed by atoms with Gasteiger partial charge in [-0.15, -0.1) is 0 Å². The van der Waals surface area contributed by atoms with Crippen LogP contribution in [0, 0.1) is 0 Å². The van der Waals surface area contributed by atoms with Gasteiger partial charge >= 0.3 is 0 Å². The van der Waals surface area contributed by atoms with Crippen molar-refractivity contribution in [2.24, 2.45) is 4.99 Å². The Morgan fingerprint density at radius 1 is 0.778 bits per heavy atom. The van der Waals surface area contributed by atoms with Crippen LogP contribution >= 0.6 is 0 Å². The van der Waals surface area contributed by atoms with Gasteiger partial charge in [0.05, 0.1) is 23.5 Å². The minimum absolute atomic E-state index is 0.151. The van der Waals surface area contributed by atoms with Gasteiger partial charge in [-0.2, -0.15) is 0 Å². The Bertz CT molecular complexity index is 664. The van der Waals surface area contributed by atoms with E-state index in [2.05, 4.69) is 76.2 Å². The van der Waals surface area contributed by atoms with Crippen LogP contribution in [0.3, 0.4) is 0 Å². The third-order valence-electron chi connectivity index (χ3n) is 4.83. The zero-order valence-corrected chi connectivity index (χ0v) is 17.4. The molecule has 0 bridgehead atoms. The Hall–Kier alpha value is -1.97. The highest BCUT2D eigenvalue weighted by Crippen LogP contribution is 2.19. The molecule has 0 unspecified atom stereocenters. The maximum atomic E-state index is 6.11. The first-order chi connectivity index (χ1) is 12.8. The van der Waals surface area contributed by atoms with Gasteiger partial charge in [0.25, 0.3) is 0 Å². The third-order valence-corrected chi connectivity index (χ3v) is 4.83. The highest BCUT2D eigenvalue weighted by atomic mass is 16.5. The number of nitrogens with zero attached hydrogens (tertiary/aromatic N) is 1. The van der Waals surface area contributed by atoms with Crippen LogP contribution in [0.25, 0.3) is 0 Å². The lowest BCUT2D eigenvalue weighted by atomic mass is 10.0. The first-order valence-corrected chi connectivity index (χ1v) is 9.67. The predicted molar refractivity (Wildman–Crippen MR) is 114 cm³/mol. The third kappa shape index (κ3) is 7.28. The number of hydrogen-bond acceptors (Lipinski definition) is 3. The van der Waals surface area contributed by atoms with Crippen molar-refractivity contribution in [1.82, 2.24) is 0 Å². The van der Waals surface area contributed by atoms with Gasteiger partial charge in [0.1, 0.15) is 0 Å². The average molecular weight is 368 g/mol. The van der Waals surface area contributed by atoms with Crippen molar-refractivity contribution >= 4 is 5.71 Å². The molecule has 146 valence electrons. The monoisotopic (exact) mass is 367 g/mol. The fourth-order valence-corrected chi connectivity index (χ4v) is 2.73. The highest BCUT2D eigenvalue weighted by molar-refractivity contribution is 6.12. The van der Waals surface area contributed by atoms with Gasteiger partial charge in [0.15, 0.2) is 0 Å². The highest BCUT2D eigenvalue weighted by Gasteiger charge is 2.21. The Balaban J connectivity index is 2.01. The van der Waals surface area contributed by atoms with E-state index < -0.39 is 0 Å². The van der Waals surface area contributed by atoms with Crippen LogP contribution in [0.1, 0.15) is 51.7 Å². The molecule has 0 atom stereocenters. The zero-order chi connectivity index (χ0) is 19.8. The molecule has 2 aromatic rings. The van der Waals surface area contributed by atoms with E-state index in [-0.39, 0.29) is 11.2 Å². The predicted octanol–water partition coefficient (Wildman–Crippen LogP) is 5.52. The fourth-order valence-electron chi connectivity index (χ4n) is 2.73. The summed E-state index contributed by atoms with van der Waals surface area (Å²) < 4.78 is 11.6. The second-order valence-electron chi connectivity index (χ2n) is 8.03. The smallest absolute Gasteiger partial charge is 0.0718 e. The Labute approximate surface area is 164 Å². The van der Waals surface area contributed by atoms with Crippen molar-refractivity contribution in [2.75, 3.05) is 20.3 Å². The molecule has 0 fully saturated rings. The van der Waals surface area contributed by atoms with Crippen LogP contribution in [0.4, 0.5) is 0 Å². The van der Waals surface area contributed by atoms with E-state index in [0.29, 0.717) is 6.61 Å². The van der Waals surface area contributed by atoms with Crippen LogP contribution in [0.15, 0.2) is 65.7 Å². The summed E-state index contributed by atoms with van der Waals surface area (Å²) in [6.45, 7) is 9.83. The van der Waals surface area contributed by atoms with Crippen molar-refractivity contribution in [3.8, 4) is 0 Å². The average Bonchev–Trinajstić information content (AvgIpc) is 2.66. The SMILES string of the molecule is COC(C)(C)CCOC(C)(C)CCN=C(c1ccccc1)c1ccccc1. The first kappa shape index (κ1) is 21.3. The van der Waals surface area contributed by atoms with Crippen LogP contribution < -0.4 is 0 Å². The minimum Gasteiger partial charge on any atom is -0.379 e. The second-order valence-corrected chi connectivity index (χ2v) is 8.03. The van der Waals surface area contributed by atoms with Crippen molar-refractivity contribution in [3.05, 3.63) is 71.8 Å². The molecule has 0 aliphatic rings. The standard InChI is InChI=1S/C24H33NO2/c1-23(2,26-5)17-19-27-24(3,4)16-18-25-22(20-12-8-6-9-13-20)21-14-10-7-11-15-21/h6-15H,16-19H2,1-5H3. The lowest BCUT2D eigenvalue weighted by Gasteiger charge is -2.28. The molecule has 0 heterocycles. The van der Waals surface area contributed by atoms with Gasteiger partial charge in [-0.3, -0.25) is 4.99 Å². The van der Waals surface area contributed by atoms with Crippen molar-refractivity contribution in [3.63, 3.8) is 0 Å². The van der Waals surface area contributed by atoms with E-state index in [4.69, 9.17) is 14.5 Å². The second kappa shape index (κ2) is 9.82. The summed E-state index contributed by atoms with van der Waals surface area (Å²) in [5, 5.41) is 0. The number of benzene rings is 2. The molecule has 2 aromatic carbocycles. The largest absolute Gasteiger partial charge is 0.379 e. The fraction of sp³-hybridized carbons (Fsp3) is 0.458. The molecule has 3 heteroatoms. The number of methoxy groups -OCH3 is 1. The normalized spacial score (nSPS) is 12.0. The van der Waals surface area contributed by atoms with Gasteiger partial charge in [0, 0.05) is 24.8 Å². The van der Waals surface area contributed by atoms with Crippen molar-refractivity contribution in [2.45, 2.75) is 51.7 Å². The summed E-state index contributed by atoms with van der Waals surface area (Å²) in [7, 11) is 1.74. The summed E-state index contributed by atoms with van der Waals surface area (Å²) in [6, 6.07) is 20.7. The summed E-state index contributed by atoms with van der Waals surface area (Å²) in [4.78, 5) is 4.93. The van der Waals surface area contributed by atoms with E-state index in [1.54, 1.807) is 7.11 Å². The molecule has 0 amide bonds. The number of aliphatic imine (C=N–C) groups is 1. The Morgan fingerprint density at radius 3 is 1.78 bits per heavy atom. The van der Waals surface area contributed by atoms with Crippen molar-refractivity contribution in [1.29, 1.82) is 0 Å². The van der Waals surface area contributed by atoms with Gasteiger partial charge in [0.2, 0.25) is 0 Å². The Kier molecular flexibility index (Phi) is 7.76. The van der Waals surface area contributed by atoms with Gasteiger partial charge in [-0.1, -0.05) is 60.7 Å². The molecule has 0 aliphatic heterocycles. The number of rotatable bonds is 10. The lowest BCUT2D eigenvalue weighted by molar-refractivity contribution is -0.0599. The molecule has 3 nitrogen and oxygen atoms in total. The van der Waals surface area contributed by atoms with Crippen molar-refractivity contribution < 1.29 is 9.47 Å². The van der Waals surface area contributed by atoms with Gasteiger partial charge < -0.3 is 9.47 Å². The summed E-state index contributed by atoms with van der Waals surface area (Å²) >= 11 is 0. The van der Waals surface area contributed by atoms with Crippen LogP contribution in [0.5, 0.6) is 0 Å². The molecule has 0 aromatic heterocycles. The number of ether oxygens (including phenoxy) is 2. The maximum Gasteiger partial charge on any atom is 0.0718 e.